The first kappa shape index (κ1) is 15.3. The monoisotopic (exact) mass is 326 g/mol. The fourth-order valence-corrected chi connectivity index (χ4v) is 3.39. The number of aromatic nitrogens is 1. The number of aromatic carboxylic acids is 1. The van der Waals surface area contributed by atoms with E-state index in [0.29, 0.717) is 21.8 Å². The number of fused-ring (bicyclic) bond motifs is 2. The van der Waals surface area contributed by atoms with Crippen molar-refractivity contribution < 1.29 is 9.90 Å². The molecule has 0 fully saturated rings. The summed E-state index contributed by atoms with van der Waals surface area (Å²) in [5, 5.41) is 13.0. The Balaban J connectivity index is 2.04. The maximum Gasteiger partial charge on any atom is 0.0728 e. The van der Waals surface area contributed by atoms with Gasteiger partial charge in [0.1, 0.15) is 0 Å². The smallest absolute Gasteiger partial charge is 0.0728 e. The van der Waals surface area contributed by atoms with Crippen molar-refractivity contribution in [1.82, 2.24) is 4.98 Å². The van der Waals surface area contributed by atoms with Gasteiger partial charge in [0, 0.05) is 16.3 Å². The van der Waals surface area contributed by atoms with E-state index < -0.39 is 5.97 Å². The van der Waals surface area contributed by atoms with Crippen LogP contribution in [-0.4, -0.2) is 11.0 Å². The molecule has 4 aromatic rings. The van der Waals surface area contributed by atoms with Gasteiger partial charge in [-0.2, -0.15) is 0 Å². The van der Waals surface area contributed by atoms with Crippen LogP contribution in [0.25, 0.3) is 32.9 Å². The van der Waals surface area contributed by atoms with Gasteiger partial charge in [0.15, 0.2) is 0 Å². The maximum absolute atomic E-state index is 11.7. The Hall–Kier alpha value is -3.20. The van der Waals surface area contributed by atoms with Crippen molar-refractivity contribution in [3.8, 4) is 11.1 Å². The lowest BCUT2D eigenvalue weighted by Crippen LogP contribution is -2.23. The minimum atomic E-state index is -1.18. The molecule has 1 heterocycles. The summed E-state index contributed by atoms with van der Waals surface area (Å²) in [5.41, 5.74) is 4.98. The molecule has 3 nitrogen and oxygen atoms in total. The summed E-state index contributed by atoms with van der Waals surface area (Å²) in [5.74, 6) is -1.18. The number of benzene rings is 3. The molecule has 0 saturated carbocycles. The Labute approximate surface area is 145 Å². The lowest BCUT2D eigenvalue weighted by Gasteiger charge is -2.13. The van der Waals surface area contributed by atoms with Crippen molar-refractivity contribution in [3.63, 3.8) is 0 Å². The van der Waals surface area contributed by atoms with E-state index in [1.54, 1.807) is 6.07 Å². The minimum absolute atomic E-state index is 0.205. The van der Waals surface area contributed by atoms with Gasteiger partial charge in [0.25, 0.3) is 0 Å². The molecule has 0 unspecified atom stereocenters. The van der Waals surface area contributed by atoms with Crippen LogP contribution < -0.4 is 5.11 Å². The highest BCUT2D eigenvalue weighted by Crippen LogP contribution is 2.31. The molecular weight excluding hydrogens is 310 g/mol. The number of pyridine rings is 1. The topological polar surface area (TPSA) is 53.0 Å². The average molecular weight is 326 g/mol. The summed E-state index contributed by atoms with van der Waals surface area (Å²) < 4.78 is 0. The zero-order chi connectivity index (χ0) is 17.4. The molecule has 0 saturated heterocycles. The second-order valence-electron chi connectivity index (χ2n) is 6.03. The van der Waals surface area contributed by atoms with E-state index in [0.717, 1.165) is 17.5 Å². The van der Waals surface area contributed by atoms with E-state index in [9.17, 15) is 9.90 Å². The molecule has 0 amide bonds. The normalized spacial score (nSPS) is 11.1. The summed E-state index contributed by atoms with van der Waals surface area (Å²) in [6.45, 7) is 2.12. The average Bonchev–Trinajstić information content (AvgIpc) is 2.65. The summed E-state index contributed by atoms with van der Waals surface area (Å²) in [6.07, 6.45) is 0.934. The molecule has 0 atom stereocenters. The number of rotatable bonds is 3. The molecule has 0 aliphatic rings. The molecule has 4 rings (SSSR count). The Kier molecular flexibility index (Phi) is 3.69. The molecule has 3 aromatic carbocycles. The molecule has 0 bridgehead atoms. The lowest BCUT2D eigenvalue weighted by atomic mass is 9.95. The van der Waals surface area contributed by atoms with E-state index in [2.05, 4.69) is 24.0 Å². The standard InChI is InChI=1S/C22H17NO2/c1-2-14-7-3-4-8-16(14)15-11-12-18-20(13-15)23-19-10-6-5-9-17(19)21(18)22(24)25/h3-13H,2H2,1H3,(H,24,25)/p-1. The highest BCUT2D eigenvalue weighted by Gasteiger charge is 2.11. The van der Waals surface area contributed by atoms with Gasteiger partial charge in [-0.1, -0.05) is 61.5 Å². The lowest BCUT2D eigenvalue weighted by molar-refractivity contribution is -0.254. The second kappa shape index (κ2) is 6.02. The van der Waals surface area contributed by atoms with Crippen LogP contribution >= 0.6 is 0 Å². The zero-order valence-electron chi connectivity index (χ0n) is 13.8. The zero-order valence-corrected chi connectivity index (χ0v) is 13.8. The Morgan fingerprint density at radius 1 is 0.920 bits per heavy atom. The van der Waals surface area contributed by atoms with Gasteiger partial charge in [-0.05, 0) is 35.2 Å². The van der Waals surface area contributed by atoms with Crippen LogP contribution in [0.3, 0.4) is 0 Å². The van der Waals surface area contributed by atoms with Crippen molar-refractivity contribution in [2.75, 3.05) is 0 Å². The van der Waals surface area contributed by atoms with E-state index in [4.69, 9.17) is 0 Å². The van der Waals surface area contributed by atoms with Gasteiger partial charge < -0.3 is 9.90 Å². The van der Waals surface area contributed by atoms with E-state index >= 15 is 0 Å². The highest BCUT2D eigenvalue weighted by molar-refractivity contribution is 6.13. The molecule has 25 heavy (non-hydrogen) atoms. The van der Waals surface area contributed by atoms with Crippen molar-refractivity contribution in [1.29, 1.82) is 0 Å². The number of carboxylic acids is 1. The van der Waals surface area contributed by atoms with Crippen LogP contribution in [0.5, 0.6) is 0 Å². The van der Waals surface area contributed by atoms with E-state index in [-0.39, 0.29) is 5.56 Å². The predicted molar refractivity (Wildman–Crippen MR) is 98.4 cm³/mol. The van der Waals surface area contributed by atoms with Gasteiger partial charge in [-0.3, -0.25) is 0 Å². The third kappa shape index (κ3) is 2.54. The molecule has 0 radical (unpaired) electrons. The molecular formula is C22H16NO2-. The molecule has 3 heteroatoms. The van der Waals surface area contributed by atoms with Gasteiger partial charge in [0.05, 0.1) is 17.0 Å². The number of hydrogen-bond donors (Lipinski definition) is 0. The molecule has 1 aromatic heterocycles. The summed E-state index contributed by atoms with van der Waals surface area (Å²) >= 11 is 0. The van der Waals surface area contributed by atoms with Gasteiger partial charge in [-0.15, -0.1) is 0 Å². The Morgan fingerprint density at radius 3 is 2.44 bits per heavy atom. The van der Waals surface area contributed by atoms with Gasteiger partial charge in [0.2, 0.25) is 0 Å². The number of aryl methyl sites for hydroxylation is 1. The fourth-order valence-electron chi connectivity index (χ4n) is 3.39. The van der Waals surface area contributed by atoms with Gasteiger partial charge in [-0.25, -0.2) is 4.98 Å². The maximum atomic E-state index is 11.7. The van der Waals surface area contributed by atoms with Crippen LogP contribution in [0.4, 0.5) is 0 Å². The van der Waals surface area contributed by atoms with E-state index in [1.165, 1.54) is 5.56 Å². The van der Waals surface area contributed by atoms with Crippen LogP contribution in [0.1, 0.15) is 22.8 Å². The SMILES string of the molecule is CCc1ccccc1-c1ccc2c(C(=O)[O-])c3ccccc3nc2c1. The minimum Gasteiger partial charge on any atom is -0.545 e. The van der Waals surface area contributed by atoms with Crippen molar-refractivity contribution in [2.45, 2.75) is 13.3 Å². The Bertz CT molecular complexity index is 1120. The van der Waals surface area contributed by atoms with Crippen molar-refractivity contribution in [2.24, 2.45) is 0 Å². The largest absolute Gasteiger partial charge is 0.545 e. The number of para-hydroxylation sites is 1. The Morgan fingerprint density at radius 2 is 1.64 bits per heavy atom. The fraction of sp³-hybridized carbons (Fsp3) is 0.0909. The molecule has 0 spiro atoms. The molecule has 0 N–H and O–H groups in total. The third-order valence-corrected chi connectivity index (χ3v) is 4.59. The summed E-state index contributed by atoms with van der Waals surface area (Å²) in [6, 6.07) is 21.3. The number of carboxylic acid groups (broad SMARTS) is 1. The number of carbonyl (C=O) groups is 1. The molecule has 0 aliphatic carbocycles. The number of carbonyl (C=O) groups excluding carboxylic acids is 1. The second-order valence-corrected chi connectivity index (χ2v) is 6.03. The summed E-state index contributed by atoms with van der Waals surface area (Å²) in [4.78, 5) is 16.4. The van der Waals surface area contributed by atoms with Crippen LogP contribution in [0, 0.1) is 0 Å². The molecule has 0 aliphatic heterocycles. The van der Waals surface area contributed by atoms with Crippen LogP contribution in [0.15, 0.2) is 66.7 Å². The van der Waals surface area contributed by atoms with Crippen LogP contribution in [0.2, 0.25) is 0 Å². The first-order valence-electron chi connectivity index (χ1n) is 8.31. The predicted octanol–water partition coefficient (Wildman–Crippen LogP) is 3.98. The van der Waals surface area contributed by atoms with Gasteiger partial charge >= 0.3 is 0 Å². The third-order valence-electron chi connectivity index (χ3n) is 4.59. The number of hydrogen-bond acceptors (Lipinski definition) is 3. The van der Waals surface area contributed by atoms with Crippen molar-refractivity contribution >= 4 is 27.8 Å². The van der Waals surface area contributed by atoms with Crippen molar-refractivity contribution in [3.05, 3.63) is 77.9 Å². The first-order valence-corrected chi connectivity index (χ1v) is 8.31. The van der Waals surface area contributed by atoms with Crippen LogP contribution in [-0.2, 0) is 6.42 Å². The number of nitrogens with zero attached hydrogens (tertiary/aromatic N) is 1. The van der Waals surface area contributed by atoms with E-state index in [1.807, 2.05) is 48.5 Å². The summed E-state index contributed by atoms with van der Waals surface area (Å²) in [7, 11) is 0. The molecule has 122 valence electrons. The first-order chi connectivity index (χ1) is 12.2. The highest BCUT2D eigenvalue weighted by atomic mass is 16.4. The quantitative estimate of drug-likeness (QED) is 0.535.